The van der Waals surface area contributed by atoms with Gasteiger partial charge in [-0.3, -0.25) is 0 Å². The minimum atomic E-state index is -0.540. The number of esters is 1. The molecule has 0 atom stereocenters. The summed E-state index contributed by atoms with van der Waals surface area (Å²) < 4.78 is 10.4. The van der Waals surface area contributed by atoms with Gasteiger partial charge in [0, 0.05) is 0 Å². The van der Waals surface area contributed by atoms with Crippen LogP contribution in [0.5, 0.6) is 0 Å². The highest BCUT2D eigenvalue weighted by Crippen LogP contribution is 2.17. The lowest BCUT2D eigenvalue weighted by atomic mass is 10.2. The second kappa shape index (κ2) is 6.36. The van der Waals surface area contributed by atoms with Gasteiger partial charge in [0.1, 0.15) is 16.9 Å². The van der Waals surface area contributed by atoms with E-state index in [-0.39, 0.29) is 28.1 Å². The van der Waals surface area contributed by atoms with Crippen molar-refractivity contribution in [3.05, 3.63) is 28.0 Å². The minimum absolute atomic E-state index is 0.0317. The minimum Gasteiger partial charge on any atom is -0.460 e. The third kappa shape index (κ3) is 5.21. The molecule has 6 heteroatoms. The van der Waals surface area contributed by atoms with Crippen molar-refractivity contribution >= 4 is 29.2 Å². The Hall–Kier alpha value is -0.840. The van der Waals surface area contributed by atoms with E-state index in [0.29, 0.717) is 6.61 Å². The summed E-state index contributed by atoms with van der Waals surface area (Å²) >= 11 is 11.4. The van der Waals surface area contributed by atoms with E-state index < -0.39 is 5.97 Å². The molecule has 1 aromatic rings. The standard InChI is InChI=1S/C12H15Cl2NO3/c1-12(2,3)18-7-6-17-11(16)8-4-5-9(13)15-10(8)14/h4-5H,6-7H2,1-3H3. The predicted octanol–water partition coefficient (Wildman–Crippen LogP) is 3.36. The summed E-state index contributed by atoms with van der Waals surface area (Å²) in [7, 11) is 0. The lowest BCUT2D eigenvalue weighted by molar-refractivity contribution is -0.0281. The first-order chi connectivity index (χ1) is 8.29. The molecular formula is C12H15Cl2NO3. The van der Waals surface area contributed by atoms with Crippen molar-refractivity contribution in [3.63, 3.8) is 0 Å². The fourth-order valence-corrected chi connectivity index (χ4v) is 1.55. The van der Waals surface area contributed by atoms with Gasteiger partial charge < -0.3 is 9.47 Å². The first kappa shape index (κ1) is 15.2. The molecule has 0 radical (unpaired) electrons. The summed E-state index contributed by atoms with van der Waals surface area (Å²) in [5.74, 6) is -0.540. The smallest absolute Gasteiger partial charge is 0.341 e. The van der Waals surface area contributed by atoms with Crippen LogP contribution < -0.4 is 0 Å². The van der Waals surface area contributed by atoms with Crippen molar-refractivity contribution in [1.82, 2.24) is 4.98 Å². The van der Waals surface area contributed by atoms with Crippen molar-refractivity contribution in [2.24, 2.45) is 0 Å². The summed E-state index contributed by atoms with van der Waals surface area (Å²) in [5.41, 5.74) is -0.0666. The van der Waals surface area contributed by atoms with Crippen molar-refractivity contribution in [1.29, 1.82) is 0 Å². The normalized spacial score (nSPS) is 11.4. The lowest BCUT2D eigenvalue weighted by Gasteiger charge is -2.19. The fraction of sp³-hybridized carbons (Fsp3) is 0.500. The Morgan fingerprint density at radius 1 is 1.28 bits per heavy atom. The van der Waals surface area contributed by atoms with Crippen LogP contribution in [0.4, 0.5) is 0 Å². The van der Waals surface area contributed by atoms with Crippen molar-refractivity contribution in [3.8, 4) is 0 Å². The molecule has 0 bridgehead atoms. The molecule has 18 heavy (non-hydrogen) atoms. The zero-order valence-corrected chi connectivity index (χ0v) is 12.0. The van der Waals surface area contributed by atoms with Gasteiger partial charge in [0.05, 0.1) is 17.8 Å². The second-order valence-corrected chi connectivity index (χ2v) is 5.31. The third-order valence-electron chi connectivity index (χ3n) is 1.89. The lowest BCUT2D eigenvalue weighted by Crippen LogP contribution is -2.22. The topological polar surface area (TPSA) is 48.4 Å². The third-order valence-corrected chi connectivity index (χ3v) is 2.38. The summed E-state index contributed by atoms with van der Waals surface area (Å²) in [6.07, 6.45) is 0. The predicted molar refractivity (Wildman–Crippen MR) is 70.2 cm³/mol. The molecule has 0 aliphatic rings. The molecule has 0 aromatic carbocycles. The monoisotopic (exact) mass is 291 g/mol. The number of carbonyl (C=O) groups is 1. The number of pyridine rings is 1. The Bertz CT molecular complexity index is 430. The number of nitrogens with zero attached hydrogens (tertiary/aromatic N) is 1. The van der Waals surface area contributed by atoms with Crippen molar-refractivity contribution in [2.75, 3.05) is 13.2 Å². The van der Waals surface area contributed by atoms with E-state index in [2.05, 4.69) is 4.98 Å². The van der Waals surface area contributed by atoms with Gasteiger partial charge in [-0.25, -0.2) is 9.78 Å². The number of hydrogen-bond acceptors (Lipinski definition) is 4. The maximum Gasteiger partial charge on any atom is 0.341 e. The van der Waals surface area contributed by atoms with E-state index in [1.165, 1.54) is 12.1 Å². The van der Waals surface area contributed by atoms with Crippen LogP contribution in [0.1, 0.15) is 31.1 Å². The molecule has 0 saturated heterocycles. The largest absolute Gasteiger partial charge is 0.460 e. The molecule has 0 aliphatic carbocycles. The molecule has 4 nitrogen and oxygen atoms in total. The van der Waals surface area contributed by atoms with Gasteiger partial charge in [-0.05, 0) is 32.9 Å². The molecule has 0 unspecified atom stereocenters. The summed E-state index contributed by atoms with van der Waals surface area (Å²) in [4.78, 5) is 15.4. The number of carbonyl (C=O) groups excluding carboxylic acids is 1. The molecular weight excluding hydrogens is 277 g/mol. The summed E-state index contributed by atoms with van der Waals surface area (Å²) in [6, 6.07) is 2.96. The Kier molecular flexibility index (Phi) is 5.38. The summed E-state index contributed by atoms with van der Waals surface area (Å²) in [5, 5.41) is 0.261. The second-order valence-electron chi connectivity index (χ2n) is 4.57. The Labute approximate surface area is 116 Å². The zero-order valence-electron chi connectivity index (χ0n) is 10.5. The highest BCUT2D eigenvalue weighted by molar-refractivity contribution is 6.34. The van der Waals surface area contributed by atoms with Gasteiger partial charge >= 0.3 is 5.97 Å². The van der Waals surface area contributed by atoms with Crippen LogP contribution in [0.2, 0.25) is 10.3 Å². The molecule has 1 heterocycles. The maximum atomic E-state index is 11.7. The van der Waals surface area contributed by atoms with Crippen molar-refractivity contribution in [2.45, 2.75) is 26.4 Å². The number of rotatable bonds is 4. The van der Waals surface area contributed by atoms with E-state index in [0.717, 1.165) is 0 Å². The van der Waals surface area contributed by atoms with E-state index in [9.17, 15) is 4.79 Å². The molecule has 100 valence electrons. The van der Waals surface area contributed by atoms with Crippen LogP contribution in [0.25, 0.3) is 0 Å². The van der Waals surface area contributed by atoms with Crippen LogP contribution in [0, 0.1) is 0 Å². The van der Waals surface area contributed by atoms with Crippen LogP contribution in [-0.2, 0) is 9.47 Å². The molecule has 0 spiro atoms. The molecule has 1 rings (SSSR count). The molecule has 0 amide bonds. The Morgan fingerprint density at radius 3 is 2.50 bits per heavy atom. The quantitative estimate of drug-likeness (QED) is 0.485. The first-order valence-corrected chi connectivity index (χ1v) is 6.18. The maximum absolute atomic E-state index is 11.7. The van der Waals surface area contributed by atoms with Gasteiger partial charge in [-0.15, -0.1) is 0 Å². The molecule has 1 aromatic heterocycles. The van der Waals surface area contributed by atoms with Crippen LogP contribution in [0.3, 0.4) is 0 Å². The average molecular weight is 292 g/mol. The van der Waals surface area contributed by atoms with E-state index in [1.54, 1.807) is 0 Å². The fourth-order valence-electron chi connectivity index (χ4n) is 1.12. The van der Waals surface area contributed by atoms with Gasteiger partial charge in [-0.2, -0.15) is 0 Å². The SMILES string of the molecule is CC(C)(C)OCCOC(=O)c1ccc(Cl)nc1Cl. The van der Waals surface area contributed by atoms with Crippen LogP contribution >= 0.6 is 23.2 Å². The van der Waals surface area contributed by atoms with Gasteiger partial charge in [0.25, 0.3) is 0 Å². The van der Waals surface area contributed by atoms with E-state index in [1.807, 2.05) is 20.8 Å². The number of hydrogen-bond donors (Lipinski definition) is 0. The molecule has 0 N–H and O–H groups in total. The Balaban J connectivity index is 2.46. The first-order valence-electron chi connectivity index (χ1n) is 5.43. The Morgan fingerprint density at radius 2 is 1.94 bits per heavy atom. The molecule has 0 saturated carbocycles. The zero-order chi connectivity index (χ0) is 13.8. The van der Waals surface area contributed by atoms with E-state index >= 15 is 0 Å². The molecule has 0 aliphatic heterocycles. The number of ether oxygens (including phenoxy) is 2. The molecule has 0 fully saturated rings. The number of aromatic nitrogens is 1. The highest BCUT2D eigenvalue weighted by Gasteiger charge is 2.14. The van der Waals surface area contributed by atoms with Crippen LogP contribution in [-0.4, -0.2) is 29.8 Å². The highest BCUT2D eigenvalue weighted by atomic mass is 35.5. The van der Waals surface area contributed by atoms with Crippen LogP contribution in [0.15, 0.2) is 12.1 Å². The summed E-state index contributed by atoms with van der Waals surface area (Å²) in [6.45, 7) is 6.27. The van der Waals surface area contributed by atoms with E-state index in [4.69, 9.17) is 32.7 Å². The average Bonchev–Trinajstić information content (AvgIpc) is 2.22. The van der Waals surface area contributed by atoms with Gasteiger partial charge in [0.2, 0.25) is 0 Å². The van der Waals surface area contributed by atoms with Crippen molar-refractivity contribution < 1.29 is 14.3 Å². The van der Waals surface area contributed by atoms with Gasteiger partial charge in [-0.1, -0.05) is 23.2 Å². The van der Waals surface area contributed by atoms with Gasteiger partial charge in [0.15, 0.2) is 0 Å². The number of halogens is 2.